The molecule has 0 saturated carbocycles. The molecule has 2 N–H and O–H groups in total. The number of pyridine rings is 2. The Bertz CT molecular complexity index is 525. The van der Waals surface area contributed by atoms with Crippen molar-refractivity contribution in [1.29, 1.82) is 0 Å². The lowest BCUT2D eigenvalue weighted by molar-refractivity contribution is -0.344. The van der Waals surface area contributed by atoms with Crippen molar-refractivity contribution in [2.75, 3.05) is 0 Å². The van der Waals surface area contributed by atoms with E-state index in [2.05, 4.69) is 28.2 Å². The number of fused-ring (bicyclic) bond motifs is 3. The summed E-state index contributed by atoms with van der Waals surface area (Å²) in [5, 5.41) is 1.25. The minimum atomic E-state index is 1.18. The van der Waals surface area contributed by atoms with Crippen LogP contribution in [0.2, 0.25) is 0 Å². The molecule has 13 heavy (non-hydrogen) atoms. The molecule has 0 radical (unpaired) electrons. The zero-order valence-electron chi connectivity index (χ0n) is 7.04. The third-order valence-corrected chi connectivity index (χ3v) is 2.35. The maximum absolute atomic E-state index is 3.25. The van der Waals surface area contributed by atoms with E-state index in [-0.39, 0.29) is 0 Å². The fourth-order valence-corrected chi connectivity index (χ4v) is 1.75. The number of hydrogen-bond donors (Lipinski definition) is 1. The first kappa shape index (κ1) is 6.66. The number of rotatable bonds is 0. The van der Waals surface area contributed by atoms with Crippen LogP contribution in [0.1, 0.15) is 0 Å². The number of aromatic nitrogens is 2. The van der Waals surface area contributed by atoms with E-state index < -0.39 is 0 Å². The predicted octanol–water partition coefficient (Wildman–Crippen LogP) is 2.09. The molecule has 0 unspecified atom stereocenters. The van der Waals surface area contributed by atoms with Gasteiger partial charge < -0.3 is 4.98 Å². The average Bonchev–Trinajstić information content (AvgIpc) is 2.56. The highest BCUT2D eigenvalue weighted by molar-refractivity contribution is 5.95. The minimum Gasteiger partial charge on any atom is -0.361 e. The van der Waals surface area contributed by atoms with Gasteiger partial charge in [0.15, 0.2) is 6.20 Å². The first-order valence-corrected chi connectivity index (χ1v) is 4.32. The van der Waals surface area contributed by atoms with Crippen molar-refractivity contribution in [1.82, 2.24) is 4.98 Å². The first-order valence-electron chi connectivity index (χ1n) is 4.32. The van der Waals surface area contributed by atoms with E-state index in [1.54, 1.807) is 0 Å². The van der Waals surface area contributed by atoms with Gasteiger partial charge in [-0.3, -0.25) is 0 Å². The van der Waals surface area contributed by atoms with Gasteiger partial charge in [-0.2, -0.15) is 0 Å². The van der Waals surface area contributed by atoms with Gasteiger partial charge in [-0.25, -0.2) is 4.98 Å². The lowest BCUT2D eigenvalue weighted by atomic mass is 10.2. The Kier molecular flexibility index (Phi) is 1.19. The van der Waals surface area contributed by atoms with E-state index in [0.717, 1.165) is 0 Å². The van der Waals surface area contributed by atoms with Crippen LogP contribution in [-0.4, -0.2) is 4.98 Å². The third-order valence-electron chi connectivity index (χ3n) is 2.35. The Hall–Kier alpha value is -1.83. The molecule has 0 amide bonds. The zero-order valence-corrected chi connectivity index (χ0v) is 7.04. The summed E-state index contributed by atoms with van der Waals surface area (Å²) in [5.74, 6) is 0. The molecule has 0 spiro atoms. The summed E-state index contributed by atoms with van der Waals surface area (Å²) in [7, 11) is 0. The molecule has 2 heteroatoms. The largest absolute Gasteiger partial charge is 0.361 e. The number of nitrogens with one attached hydrogen (secondary N) is 2. The highest BCUT2D eigenvalue weighted by Gasteiger charge is 2.13. The molecular formula is C11H9N2+. The second kappa shape index (κ2) is 2.33. The lowest BCUT2D eigenvalue weighted by Crippen LogP contribution is -1.99. The Morgan fingerprint density at radius 2 is 2.15 bits per heavy atom. The molecule has 0 saturated heterocycles. The standard InChI is InChI=1S/C11H8N2/c1-3-8-7-10-9(4-2-5-12-10)11(8)13-6-1/h1-7,12H/p+1. The van der Waals surface area contributed by atoms with Crippen molar-refractivity contribution in [3.63, 3.8) is 0 Å². The topological polar surface area (TPSA) is 29.9 Å². The van der Waals surface area contributed by atoms with Crippen LogP contribution in [0.5, 0.6) is 0 Å². The molecule has 0 atom stereocenters. The first-order chi connectivity index (χ1) is 6.45. The van der Waals surface area contributed by atoms with Gasteiger partial charge in [0.1, 0.15) is 0 Å². The van der Waals surface area contributed by atoms with Gasteiger partial charge >= 0.3 is 0 Å². The van der Waals surface area contributed by atoms with Gasteiger partial charge in [-0.05, 0) is 24.3 Å². The fourth-order valence-electron chi connectivity index (χ4n) is 1.75. The van der Waals surface area contributed by atoms with Gasteiger partial charge in [-0.1, -0.05) is 0 Å². The van der Waals surface area contributed by atoms with Crippen LogP contribution < -0.4 is 4.98 Å². The molecule has 2 nitrogen and oxygen atoms in total. The minimum absolute atomic E-state index is 1.18. The molecule has 0 fully saturated rings. The van der Waals surface area contributed by atoms with E-state index in [1.807, 2.05) is 24.5 Å². The molecule has 3 rings (SSSR count). The number of aromatic amines is 2. The Morgan fingerprint density at radius 3 is 3.15 bits per heavy atom. The normalized spacial score (nSPS) is 11.1. The van der Waals surface area contributed by atoms with Gasteiger partial charge in [0.25, 0.3) is 0 Å². The molecule has 1 aliphatic carbocycles. The summed E-state index contributed by atoms with van der Waals surface area (Å²) in [6, 6.07) is 10.4. The van der Waals surface area contributed by atoms with E-state index in [1.165, 1.54) is 22.2 Å². The average molecular weight is 169 g/mol. The number of H-pyrrole nitrogens is 2. The molecule has 1 aromatic rings. The van der Waals surface area contributed by atoms with Crippen molar-refractivity contribution >= 4 is 10.9 Å². The summed E-state index contributed by atoms with van der Waals surface area (Å²) >= 11 is 0. The van der Waals surface area contributed by atoms with Crippen LogP contribution in [-0.2, 0) is 0 Å². The van der Waals surface area contributed by atoms with E-state index in [4.69, 9.17) is 0 Å². The summed E-state index contributed by atoms with van der Waals surface area (Å²) in [4.78, 5) is 6.47. The number of hydrogen-bond acceptors (Lipinski definition) is 0. The van der Waals surface area contributed by atoms with Crippen LogP contribution in [0.3, 0.4) is 0 Å². The Balaban J connectivity index is 2.56. The molecule has 2 heterocycles. The quantitative estimate of drug-likeness (QED) is 0.534. The molecule has 62 valence electrons. The summed E-state index contributed by atoms with van der Waals surface area (Å²) < 4.78 is 0. The maximum Gasteiger partial charge on any atom is 0.220 e. The van der Waals surface area contributed by atoms with Crippen LogP contribution in [0.15, 0.2) is 42.7 Å². The van der Waals surface area contributed by atoms with Crippen molar-refractivity contribution in [3.8, 4) is 11.3 Å². The summed E-state index contributed by atoms with van der Waals surface area (Å²) in [6.45, 7) is 0. The molecule has 0 bridgehead atoms. The SMILES string of the molecule is c1c[nH]c2cc3ccc[nH+]c3c-2c1. The van der Waals surface area contributed by atoms with Crippen molar-refractivity contribution in [2.45, 2.75) is 0 Å². The highest BCUT2D eigenvalue weighted by Crippen LogP contribution is 2.28. The summed E-state index contributed by atoms with van der Waals surface area (Å²) in [6.07, 6.45) is 3.90. The maximum atomic E-state index is 3.25. The van der Waals surface area contributed by atoms with Crippen LogP contribution >= 0.6 is 0 Å². The Labute approximate surface area is 75.6 Å². The lowest BCUT2D eigenvalue weighted by Gasteiger charge is -1.93. The van der Waals surface area contributed by atoms with E-state index >= 15 is 0 Å². The van der Waals surface area contributed by atoms with Crippen molar-refractivity contribution < 1.29 is 4.98 Å². The molecule has 1 aromatic heterocycles. The summed E-state index contributed by atoms with van der Waals surface area (Å²) in [5.41, 5.74) is 3.63. The van der Waals surface area contributed by atoms with Gasteiger partial charge in [0.05, 0.1) is 11.3 Å². The predicted molar refractivity (Wildman–Crippen MR) is 51.5 cm³/mol. The third kappa shape index (κ3) is 0.855. The van der Waals surface area contributed by atoms with Gasteiger partial charge in [0.2, 0.25) is 5.52 Å². The zero-order chi connectivity index (χ0) is 8.67. The van der Waals surface area contributed by atoms with Crippen molar-refractivity contribution in [2.24, 2.45) is 0 Å². The van der Waals surface area contributed by atoms with Crippen LogP contribution in [0.4, 0.5) is 0 Å². The fraction of sp³-hybridized carbons (Fsp3) is 0. The van der Waals surface area contributed by atoms with Gasteiger partial charge in [0, 0.05) is 17.6 Å². The van der Waals surface area contributed by atoms with E-state index in [0.29, 0.717) is 0 Å². The van der Waals surface area contributed by atoms with E-state index in [9.17, 15) is 0 Å². The second-order valence-corrected chi connectivity index (χ2v) is 3.14. The highest BCUT2D eigenvalue weighted by atomic mass is 14.7. The molecule has 2 aliphatic rings. The monoisotopic (exact) mass is 169 g/mol. The second-order valence-electron chi connectivity index (χ2n) is 3.14. The Morgan fingerprint density at radius 1 is 1.15 bits per heavy atom. The molecule has 0 aromatic carbocycles. The molecule has 1 aliphatic heterocycles. The van der Waals surface area contributed by atoms with Crippen LogP contribution in [0.25, 0.3) is 22.2 Å². The van der Waals surface area contributed by atoms with Gasteiger partial charge in [-0.15, -0.1) is 0 Å². The van der Waals surface area contributed by atoms with Crippen LogP contribution in [0, 0.1) is 0 Å². The smallest absolute Gasteiger partial charge is 0.220 e. The van der Waals surface area contributed by atoms with Crippen molar-refractivity contribution in [3.05, 3.63) is 42.7 Å². The molecular weight excluding hydrogens is 160 g/mol.